The van der Waals surface area contributed by atoms with Gasteiger partial charge in [0.15, 0.2) is 17.0 Å². The van der Waals surface area contributed by atoms with E-state index in [4.69, 9.17) is 4.74 Å². The average molecular weight is 428 g/mol. The van der Waals surface area contributed by atoms with E-state index in [0.29, 0.717) is 33.5 Å². The number of nitrogens with zero attached hydrogens (tertiary/aromatic N) is 1. The third-order valence-corrected chi connectivity index (χ3v) is 5.02. The van der Waals surface area contributed by atoms with E-state index in [1.54, 1.807) is 31.2 Å². The monoisotopic (exact) mass is 428 g/mol. The average Bonchev–Trinajstić information content (AvgIpc) is 2.74. The fourth-order valence-electron chi connectivity index (χ4n) is 3.48. The van der Waals surface area contributed by atoms with Gasteiger partial charge in [0.2, 0.25) is 0 Å². The summed E-state index contributed by atoms with van der Waals surface area (Å²) in [5.74, 6) is -0.606. The Labute approximate surface area is 174 Å². The fraction of sp³-hybridized carbons (Fsp3) is 0.130. The molecule has 0 atom stereocenters. The molecule has 158 valence electrons. The molecule has 8 heteroatoms. The molecule has 0 aliphatic heterocycles. The Morgan fingerprint density at radius 2 is 1.61 bits per heavy atom. The summed E-state index contributed by atoms with van der Waals surface area (Å²) in [6.07, 6.45) is -3.34. The first-order chi connectivity index (χ1) is 14.7. The number of fused-ring (bicyclic) bond motifs is 1. The van der Waals surface area contributed by atoms with Gasteiger partial charge in [0, 0.05) is 34.5 Å². The summed E-state index contributed by atoms with van der Waals surface area (Å²) in [6.45, 7) is 1.74. The summed E-state index contributed by atoms with van der Waals surface area (Å²) in [6, 6.07) is 11.6. The molecular formula is C23H16F4N2O2. The highest BCUT2D eigenvalue weighted by Crippen LogP contribution is 2.30. The second kappa shape index (κ2) is 7.54. The number of pyridine rings is 2. The van der Waals surface area contributed by atoms with Crippen molar-refractivity contribution in [1.29, 1.82) is 0 Å². The maximum atomic E-state index is 14.1. The van der Waals surface area contributed by atoms with E-state index in [2.05, 4.69) is 9.97 Å². The van der Waals surface area contributed by atoms with Gasteiger partial charge in [-0.2, -0.15) is 13.2 Å². The number of aromatic nitrogens is 2. The largest absolute Gasteiger partial charge is 0.494 e. The van der Waals surface area contributed by atoms with Crippen molar-refractivity contribution in [2.24, 2.45) is 0 Å². The normalized spacial score (nSPS) is 11.7. The summed E-state index contributed by atoms with van der Waals surface area (Å²) in [5.41, 5.74) is 1.89. The highest BCUT2D eigenvalue weighted by molar-refractivity contribution is 5.86. The number of hydrogen-bond acceptors (Lipinski definition) is 3. The van der Waals surface area contributed by atoms with E-state index in [9.17, 15) is 22.4 Å². The molecule has 4 nitrogen and oxygen atoms in total. The van der Waals surface area contributed by atoms with Crippen LogP contribution < -0.4 is 10.2 Å². The maximum Gasteiger partial charge on any atom is 0.433 e. The Balaban J connectivity index is 1.75. The van der Waals surface area contributed by atoms with E-state index in [0.717, 1.165) is 18.3 Å². The lowest BCUT2D eigenvalue weighted by Gasteiger charge is -2.11. The van der Waals surface area contributed by atoms with Crippen molar-refractivity contribution in [3.05, 3.63) is 82.2 Å². The highest BCUT2D eigenvalue weighted by Gasteiger charge is 2.32. The van der Waals surface area contributed by atoms with Gasteiger partial charge in [-0.25, -0.2) is 4.39 Å². The van der Waals surface area contributed by atoms with Crippen LogP contribution in [0, 0.1) is 12.7 Å². The van der Waals surface area contributed by atoms with Gasteiger partial charge >= 0.3 is 6.18 Å². The first-order valence-corrected chi connectivity index (χ1v) is 9.23. The molecule has 0 radical (unpaired) electrons. The Bertz CT molecular complexity index is 1330. The number of ether oxygens (including phenoxy) is 1. The molecule has 0 bridgehead atoms. The second-order valence-electron chi connectivity index (χ2n) is 6.99. The number of nitrogens with one attached hydrogen (secondary N) is 1. The molecule has 0 saturated heterocycles. The predicted octanol–water partition coefficient (Wildman–Crippen LogP) is 5.73. The molecule has 4 aromatic rings. The maximum absolute atomic E-state index is 14.1. The molecule has 0 fully saturated rings. The van der Waals surface area contributed by atoms with E-state index < -0.39 is 17.7 Å². The molecule has 0 spiro atoms. The van der Waals surface area contributed by atoms with Gasteiger partial charge in [-0.1, -0.05) is 30.3 Å². The minimum absolute atomic E-state index is 0.0322. The van der Waals surface area contributed by atoms with Crippen LogP contribution in [0.15, 0.2) is 59.5 Å². The number of hydrogen-bond donors (Lipinski definition) is 1. The van der Waals surface area contributed by atoms with Gasteiger partial charge in [-0.15, -0.1) is 0 Å². The number of H-pyrrole nitrogens is 1. The van der Waals surface area contributed by atoms with Crippen LogP contribution in [-0.4, -0.2) is 17.1 Å². The van der Waals surface area contributed by atoms with Crippen molar-refractivity contribution in [3.63, 3.8) is 0 Å². The van der Waals surface area contributed by atoms with Gasteiger partial charge in [0.1, 0.15) is 5.69 Å². The van der Waals surface area contributed by atoms with E-state index >= 15 is 0 Å². The minimum atomic E-state index is -4.50. The predicted molar refractivity (Wildman–Crippen MR) is 109 cm³/mol. The summed E-state index contributed by atoms with van der Waals surface area (Å²) in [4.78, 5) is 19.6. The Morgan fingerprint density at radius 1 is 0.968 bits per heavy atom. The molecule has 0 amide bonds. The van der Waals surface area contributed by atoms with Crippen molar-refractivity contribution in [1.82, 2.24) is 9.97 Å². The first kappa shape index (κ1) is 20.6. The summed E-state index contributed by atoms with van der Waals surface area (Å²) in [5, 5.41) is 0.190. The number of rotatable bonds is 3. The quantitative estimate of drug-likeness (QED) is 0.424. The number of methoxy groups -OCH3 is 1. The molecular weight excluding hydrogens is 412 g/mol. The van der Waals surface area contributed by atoms with Crippen molar-refractivity contribution in [3.8, 4) is 28.0 Å². The van der Waals surface area contributed by atoms with E-state index in [-0.39, 0.29) is 16.6 Å². The van der Waals surface area contributed by atoms with Crippen LogP contribution in [0.4, 0.5) is 17.6 Å². The second-order valence-corrected chi connectivity index (χ2v) is 6.99. The zero-order chi connectivity index (χ0) is 22.3. The lowest BCUT2D eigenvalue weighted by molar-refractivity contribution is -0.141. The topological polar surface area (TPSA) is 55.0 Å². The standard InChI is InChI=1S/C23H16F4N2O2/c1-12-21(22(30)16-9-17(24)19(31-2)10-18(16)29-12)14-5-3-13(4-6-14)15-7-8-20(28-11-15)23(25,26)27/h3-11H,1-2H3,(H,29,30). The smallest absolute Gasteiger partial charge is 0.433 e. The minimum Gasteiger partial charge on any atom is -0.494 e. The van der Waals surface area contributed by atoms with Crippen molar-refractivity contribution < 1.29 is 22.3 Å². The van der Waals surface area contributed by atoms with Crippen molar-refractivity contribution >= 4 is 10.9 Å². The fourth-order valence-corrected chi connectivity index (χ4v) is 3.48. The first-order valence-electron chi connectivity index (χ1n) is 9.23. The third-order valence-electron chi connectivity index (χ3n) is 5.02. The SMILES string of the molecule is COc1cc2[nH]c(C)c(-c3ccc(-c4ccc(C(F)(F)F)nc4)cc3)c(=O)c2cc1F. The summed E-state index contributed by atoms with van der Waals surface area (Å²) in [7, 11) is 1.34. The van der Waals surface area contributed by atoms with Crippen LogP contribution in [-0.2, 0) is 6.18 Å². The van der Waals surface area contributed by atoms with Crippen LogP contribution in [0.5, 0.6) is 5.75 Å². The molecule has 0 aliphatic carbocycles. The zero-order valence-corrected chi connectivity index (χ0v) is 16.5. The molecule has 31 heavy (non-hydrogen) atoms. The van der Waals surface area contributed by atoms with Crippen molar-refractivity contribution in [2.75, 3.05) is 7.11 Å². The molecule has 2 aromatic heterocycles. The van der Waals surface area contributed by atoms with Gasteiger partial charge in [0.05, 0.1) is 12.6 Å². The number of aryl methyl sites for hydroxylation is 1. The van der Waals surface area contributed by atoms with Crippen LogP contribution in [0.25, 0.3) is 33.2 Å². The van der Waals surface area contributed by atoms with E-state index in [1.807, 2.05) is 0 Å². The van der Waals surface area contributed by atoms with Crippen LogP contribution in [0.1, 0.15) is 11.4 Å². The Morgan fingerprint density at radius 3 is 2.19 bits per heavy atom. The number of alkyl halides is 3. The molecule has 2 aromatic carbocycles. The molecule has 0 unspecified atom stereocenters. The Hall–Kier alpha value is -3.68. The van der Waals surface area contributed by atoms with Crippen LogP contribution >= 0.6 is 0 Å². The molecule has 0 aliphatic rings. The van der Waals surface area contributed by atoms with E-state index in [1.165, 1.54) is 19.2 Å². The van der Waals surface area contributed by atoms with Gasteiger partial charge in [0.25, 0.3) is 0 Å². The van der Waals surface area contributed by atoms with Gasteiger partial charge in [-0.05, 0) is 30.2 Å². The molecule has 1 N–H and O–H groups in total. The zero-order valence-electron chi connectivity index (χ0n) is 16.5. The summed E-state index contributed by atoms with van der Waals surface area (Å²) < 4.78 is 57.2. The van der Waals surface area contributed by atoms with Crippen LogP contribution in [0.3, 0.4) is 0 Å². The third kappa shape index (κ3) is 3.76. The molecule has 2 heterocycles. The molecule has 4 rings (SSSR count). The van der Waals surface area contributed by atoms with Crippen LogP contribution in [0.2, 0.25) is 0 Å². The lowest BCUT2D eigenvalue weighted by atomic mass is 9.98. The van der Waals surface area contributed by atoms with Gasteiger partial charge < -0.3 is 9.72 Å². The Kier molecular flexibility index (Phi) is 5.00. The number of aromatic amines is 1. The highest BCUT2D eigenvalue weighted by atomic mass is 19.4. The van der Waals surface area contributed by atoms with Gasteiger partial charge in [-0.3, -0.25) is 9.78 Å². The summed E-state index contributed by atoms with van der Waals surface area (Å²) >= 11 is 0. The number of benzene rings is 2. The number of halogens is 4. The van der Waals surface area contributed by atoms with Crippen molar-refractivity contribution in [2.45, 2.75) is 13.1 Å². The lowest BCUT2D eigenvalue weighted by Crippen LogP contribution is -2.10. The molecule has 0 saturated carbocycles.